The van der Waals surface area contributed by atoms with Crippen molar-refractivity contribution >= 4 is 39.2 Å². The molecule has 1 nitrogen and oxygen atoms in total. The molecule has 57 heavy (non-hydrogen) atoms. The van der Waals surface area contributed by atoms with Crippen molar-refractivity contribution in [2.75, 3.05) is 0 Å². The summed E-state index contributed by atoms with van der Waals surface area (Å²) in [7, 11) is 0. The van der Waals surface area contributed by atoms with Crippen LogP contribution in [0.3, 0.4) is 0 Å². The van der Waals surface area contributed by atoms with Crippen LogP contribution in [0.15, 0.2) is 109 Å². The molecule has 0 fully saturated rings. The molecule has 0 radical (unpaired) electrons. The number of phenolic OH excluding ortho intramolecular Hbond substituents is 1. The summed E-state index contributed by atoms with van der Waals surface area (Å²) in [6.45, 7) is 0. The Hall–Kier alpha value is -4.23. The number of hydrogen-bond acceptors (Lipinski definition) is 1. The van der Waals surface area contributed by atoms with E-state index < -0.39 is 78.3 Å². The molecule has 0 aliphatic rings. The quantitative estimate of drug-likeness (QED) is 0.0870. The first kappa shape index (κ1) is 43.9. The topological polar surface area (TPSA) is 20.2 Å². The van der Waals surface area contributed by atoms with E-state index in [-0.39, 0.29) is 14.9 Å². The molecular weight excluding hydrogens is 868 g/mol. The van der Waals surface area contributed by atoms with Crippen LogP contribution < -0.4 is 4.40 Å². The summed E-state index contributed by atoms with van der Waals surface area (Å²) in [5.41, 5.74) is 0.689. The maximum atomic E-state index is 15.6. The first-order chi connectivity index (χ1) is 26.1. The maximum absolute atomic E-state index is 15.6. The van der Waals surface area contributed by atoms with E-state index in [1.54, 1.807) is 72.8 Å². The van der Waals surface area contributed by atoms with Gasteiger partial charge in [0.05, 0.1) is 0 Å². The van der Waals surface area contributed by atoms with Gasteiger partial charge in [0.1, 0.15) is 0 Å². The zero-order chi connectivity index (χ0) is 42.7. The van der Waals surface area contributed by atoms with Gasteiger partial charge in [-0.1, -0.05) is 0 Å². The van der Waals surface area contributed by atoms with Crippen molar-refractivity contribution in [3.63, 3.8) is 0 Å². The number of benzene rings is 5. The Morgan fingerprint density at radius 1 is 0.404 bits per heavy atom. The third kappa shape index (κ3) is 7.28. The summed E-state index contributed by atoms with van der Waals surface area (Å²) in [5.74, 6) is -57.5. The standard InChI is InChI=1S/C38H27F17GeO/c39-31(40,32(41,42)33(43,44)34(45,46)35(47,48)36(49,50)37(51,52)38(53,54)55)17-18-56(29-11-5-6-12-30(29)57,21-23-13-15-25-7-1-3-9-27(25)19-23)22-24-14-16-26-8-2-4-10-28(26)20-24/h1-16,19-20,57H,17-18,21-22H2. The number of alkyl halides is 17. The molecule has 308 valence electrons. The number of rotatable bonds is 14. The zero-order valence-electron chi connectivity index (χ0n) is 28.6. The molecule has 0 atom stereocenters. The molecule has 0 aliphatic carbocycles. The van der Waals surface area contributed by atoms with Gasteiger partial charge in [0.25, 0.3) is 0 Å². The molecule has 19 heteroatoms. The zero-order valence-corrected chi connectivity index (χ0v) is 30.7. The van der Waals surface area contributed by atoms with Crippen LogP contribution >= 0.6 is 0 Å². The molecule has 0 bridgehead atoms. The van der Waals surface area contributed by atoms with Gasteiger partial charge in [-0.15, -0.1) is 0 Å². The average molecular weight is 895 g/mol. The molecule has 0 saturated carbocycles. The summed E-state index contributed by atoms with van der Waals surface area (Å²) >= 11 is -5.03. The minimum absolute atomic E-state index is 0.0874. The Morgan fingerprint density at radius 2 is 0.772 bits per heavy atom. The van der Waals surface area contributed by atoms with Gasteiger partial charge < -0.3 is 0 Å². The normalized spacial score (nSPS) is 14.4. The fraction of sp³-hybridized carbons (Fsp3) is 0.316. The van der Waals surface area contributed by atoms with E-state index in [1.807, 2.05) is 0 Å². The second-order valence-electron chi connectivity index (χ2n) is 13.7. The predicted octanol–water partition coefficient (Wildman–Crippen LogP) is 12.3. The Bertz CT molecular complexity index is 2150. The number of halogens is 17. The number of hydrogen-bond donors (Lipinski definition) is 1. The minimum atomic E-state index is -8.70. The van der Waals surface area contributed by atoms with Crippen LogP contribution in [0.25, 0.3) is 21.5 Å². The van der Waals surface area contributed by atoms with Gasteiger partial charge in [-0.3, -0.25) is 0 Å². The van der Waals surface area contributed by atoms with Crippen molar-refractivity contribution in [2.24, 2.45) is 0 Å². The van der Waals surface area contributed by atoms with Crippen LogP contribution in [0.1, 0.15) is 17.5 Å². The second-order valence-corrected chi connectivity index (χ2v) is 22.7. The molecule has 0 aromatic heterocycles. The monoisotopic (exact) mass is 896 g/mol. The molecule has 0 heterocycles. The molecule has 0 saturated heterocycles. The summed E-state index contributed by atoms with van der Waals surface area (Å²) in [6, 6.07) is 27.7. The molecule has 0 spiro atoms. The first-order valence-electron chi connectivity index (χ1n) is 16.5. The third-order valence-electron chi connectivity index (χ3n) is 9.89. The van der Waals surface area contributed by atoms with E-state index in [0.29, 0.717) is 32.7 Å². The number of phenols is 1. The molecule has 5 aromatic rings. The van der Waals surface area contributed by atoms with Crippen LogP contribution in [0.5, 0.6) is 5.75 Å². The van der Waals surface area contributed by atoms with E-state index >= 15 is 17.6 Å². The average Bonchev–Trinajstić information content (AvgIpc) is 3.13. The van der Waals surface area contributed by atoms with Crippen molar-refractivity contribution in [2.45, 2.75) is 69.8 Å². The van der Waals surface area contributed by atoms with Crippen molar-refractivity contribution in [3.05, 3.63) is 120 Å². The Balaban J connectivity index is 1.63. The summed E-state index contributed by atoms with van der Waals surface area (Å²) in [4.78, 5) is 0. The van der Waals surface area contributed by atoms with Gasteiger partial charge in [0.2, 0.25) is 0 Å². The number of aromatic hydroxyl groups is 1. The molecule has 0 unspecified atom stereocenters. The van der Waals surface area contributed by atoms with Gasteiger partial charge in [-0.25, -0.2) is 0 Å². The summed E-state index contributed by atoms with van der Waals surface area (Å²) in [5, 5.41) is 11.7. The third-order valence-corrected chi connectivity index (χ3v) is 20.3. The molecule has 1 N–H and O–H groups in total. The van der Waals surface area contributed by atoms with Gasteiger partial charge in [-0.2, -0.15) is 0 Å². The molecule has 5 aromatic carbocycles. The van der Waals surface area contributed by atoms with Gasteiger partial charge in [0.15, 0.2) is 0 Å². The van der Waals surface area contributed by atoms with Crippen LogP contribution in [0.4, 0.5) is 74.6 Å². The molecule has 0 amide bonds. The fourth-order valence-electron chi connectivity index (χ4n) is 6.72. The van der Waals surface area contributed by atoms with E-state index in [4.69, 9.17) is 0 Å². The molecular formula is C38H27F17GeO. The van der Waals surface area contributed by atoms with E-state index in [2.05, 4.69) is 0 Å². The first-order valence-corrected chi connectivity index (χ1v) is 22.0. The van der Waals surface area contributed by atoms with Gasteiger partial charge in [0, 0.05) is 0 Å². The second kappa shape index (κ2) is 14.6. The Morgan fingerprint density at radius 3 is 1.19 bits per heavy atom. The van der Waals surface area contributed by atoms with Crippen LogP contribution in [-0.2, 0) is 10.5 Å². The number of para-hydroxylation sites is 1. The van der Waals surface area contributed by atoms with E-state index in [1.165, 1.54) is 30.3 Å². The number of fused-ring (bicyclic) bond motifs is 2. The van der Waals surface area contributed by atoms with Crippen molar-refractivity contribution in [1.82, 2.24) is 0 Å². The SMILES string of the molecule is Oc1cccc[c]1[Ge]([CH2]CC(F)(F)C(F)(F)C(F)(F)C(F)(F)C(F)(F)C(F)(F)C(F)(F)C(F)(F)F)([CH2]c1ccc2ccccc2c1)[CH2]c1ccc2ccccc2c1. The van der Waals surface area contributed by atoms with Gasteiger partial charge in [-0.05, 0) is 0 Å². The van der Waals surface area contributed by atoms with Crippen LogP contribution in [0.2, 0.25) is 5.25 Å². The summed E-state index contributed by atoms with van der Waals surface area (Å²) in [6.07, 6.45) is -10.4. The van der Waals surface area contributed by atoms with Crippen LogP contribution in [-0.4, -0.2) is 66.0 Å². The Kier molecular flexibility index (Phi) is 11.2. The predicted molar refractivity (Wildman–Crippen MR) is 179 cm³/mol. The fourth-order valence-corrected chi connectivity index (χ4v) is 17.2. The Labute approximate surface area is 314 Å². The summed E-state index contributed by atoms with van der Waals surface area (Å²) < 4.78 is 241. The van der Waals surface area contributed by atoms with E-state index in [0.717, 1.165) is 6.07 Å². The van der Waals surface area contributed by atoms with Crippen molar-refractivity contribution in [1.29, 1.82) is 0 Å². The van der Waals surface area contributed by atoms with Crippen LogP contribution in [0, 0.1) is 0 Å². The van der Waals surface area contributed by atoms with Crippen molar-refractivity contribution in [3.8, 4) is 5.75 Å². The van der Waals surface area contributed by atoms with Gasteiger partial charge >= 0.3 is 315 Å². The van der Waals surface area contributed by atoms with E-state index in [9.17, 15) is 62.2 Å². The molecule has 5 rings (SSSR count). The van der Waals surface area contributed by atoms with Crippen molar-refractivity contribution < 1.29 is 79.7 Å². The molecule has 0 aliphatic heterocycles.